The molecule has 1 aromatic carbocycles. The van der Waals surface area contributed by atoms with E-state index < -0.39 is 17.2 Å². The number of aromatic nitrogens is 3. The standard InChI is InChI=1S/C16H14BF2N5O3/c1-24-7-9(14-22-23-16(27-14)20-4-5-25)13(12(19)15(24)26)21-11-3-2-8(17)6-10(11)18/h2-3,6-7,21,25H,4-5H2,1H3,(H,20,23). The Balaban J connectivity index is 2.08. The van der Waals surface area contributed by atoms with Crippen molar-refractivity contribution in [1.82, 2.24) is 14.8 Å². The molecule has 0 unspecified atom stereocenters. The summed E-state index contributed by atoms with van der Waals surface area (Å²) in [5.74, 6) is -1.98. The molecular formula is C16H14BF2N5O3. The summed E-state index contributed by atoms with van der Waals surface area (Å²) in [4.78, 5) is 12.0. The van der Waals surface area contributed by atoms with Gasteiger partial charge in [-0.3, -0.25) is 4.79 Å². The number of halogens is 2. The van der Waals surface area contributed by atoms with Gasteiger partial charge in [0.1, 0.15) is 13.7 Å². The smallest absolute Gasteiger partial charge is 0.315 e. The minimum Gasteiger partial charge on any atom is -0.403 e. The maximum Gasteiger partial charge on any atom is 0.315 e. The normalized spacial score (nSPS) is 10.8. The van der Waals surface area contributed by atoms with Crippen molar-refractivity contribution in [3.8, 4) is 11.5 Å². The molecule has 0 amide bonds. The van der Waals surface area contributed by atoms with Crippen LogP contribution in [-0.2, 0) is 7.05 Å². The summed E-state index contributed by atoms with van der Waals surface area (Å²) in [5.41, 5.74) is -1.08. The molecule has 0 aliphatic heterocycles. The van der Waals surface area contributed by atoms with Crippen molar-refractivity contribution in [2.24, 2.45) is 7.05 Å². The van der Waals surface area contributed by atoms with Crippen LogP contribution in [0.15, 0.2) is 33.6 Å². The van der Waals surface area contributed by atoms with Crippen LogP contribution in [0, 0.1) is 11.6 Å². The second kappa shape index (κ2) is 7.58. The van der Waals surface area contributed by atoms with E-state index in [9.17, 15) is 13.6 Å². The summed E-state index contributed by atoms with van der Waals surface area (Å²) >= 11 is 0. The zero-order valence-electron chi connectivity index (χ0n) is 14.2. The second-order valence-corrected chi connectivity index (χ2v) is 5.57. The fourth-order valence-electron chi connectivity index (χ4n) is 2.31. The van der Waals surface area contributed by atoms with Gasteiger partial charge in [0.2, 0.25) is 5.82 Å². The molecule has 8 nitrogen and oxygen atoms in total. The number of rotatable bonds is 6. The van der Waals surface area contributed by atoms with Crippen molar-refractivity contribution < 1.29 is 18.3 Å². The van der Waals surface area contributed by atoms with E-state index in [0.29, 0.717) is 0 Å². The Morgan fingerprint density at radius 3 is 2.81 bits per heavy atom. The Morgan fingerprint density at radius 2 is 2.11 bits per heavy atom. The zero-order chi connectivity index (χ0) is 19.6. The Bertz CT molecular complexity index is 1040. The Labute approximate surface area is 153 Å². The molecule has 2 radical (unpaired) electrons. The lowest BCUT2D eigenvalue weighted by Gasteiger charge is -2.13. The first-order valence-electron chi connectivity index (χ1n) is 7.80. The summed E-state index contributed by atoms with van der Waals surface area (Å²) in [6.07, 6.45) is 1.28. The number of benzene rings is 1. The third kappa shape index (κ3) is 3.82. The van der Waals surface area contributed by atoms with Gasteiger partial charge in [-0.25, -0.2) is 4.39 Å². The topological polar surface area (TPSA) is 105 Å². The summed E-state index contributed by atoms with van der Waals surface area (Å²) < 4.78 is 35.1. The molecule has 2 aromatic heterocycles. The molecule has 11 heteroatoms. The first-order chi connectivity index (χ1) is 12.9. The van der Waals surface area contributed by atoms with E-state index in [1.807, 2.05) is 0 Å². The van der Waals surface area contributed by atoms with Crippen molar-refractivity contribution in [3.05, 3.63) is 46.4 Å². The molecular weight excluding hydrogens is 359 g/mol. The number of hydrogen-bond acceptors (Lipinski definition) is 7. The number of nitrogens with one attached hydrogen (secondary N) is 2. The predicted octanol–water partition coefficient (Wildman–Crippen LogP) is 0.655. The van der Waals surface area contributed by atoms with Gasteiger partial charge in [0, 0.05) is 19.8 Å². The molecule has 0 atom stereocenters. The van der Waals surface area contributed by atoms with Gasteiger partial charge in [-0.2, -0.15) is 4.39 Å². The van der Waals surface area contributed by atoms with E-state index in [4.69, 9.17) is 17.4 Å². The minimum atomic E-state index is -1.14. The number of aliphatic hydroxyl groups is 1. The van der Waals surface area contributed by atoms with Crippen molar-refractivity contribution in [2.45, 2.75) is 0 Å². The highest BCUT2D eigenvalue weighted by molar-refractivity contribution is 6.32. The van der Waals surface area contributed by atoms with E-state index in [0.717, 1.165) is 10.6 Å². The fraction of sp³-hybridized carbons (Fsp3) is 0.188. The molecule has 2 heterocycles. The molecule has 0 aliphatic rings. The van der Waals surface area contributed by atoms with Crippen LogP contribution < -0.4 is 21.7 Å². The molecule has 0 saturated heterocycles. The summed E-state index contributed by atoms with van der Waals surface area (Å²) in [6.45, 7) is 0.0143. The van der Waals surface area contributed by atoms with Gasteiger partial charge in [0.25, 0.3) is 11.4 Å². The van der Waals surface area contributed by atoms with Gasteiger partial charge in [-0.05, 0) is 12.1 Å². The molecule has 138 valence electrons. The van der Waals surface area contributed by atoms with Crippen LogP contribution in [0.5, 0.6) is 0 Å². The highest BCUT2D eigenvalue weighted by Gasteiger charge is 2.21. The highest BCUT2D eigenvalue weighted by Crippen LogP contribution is 2.31. The maximum atomic E-state index is 14.6. The van der Waals surface area contributed by atoms with E-state index in [1.54, 1.807) is 0 Å². The average molecular weight is 373 g/mol. The zero-order valence-corrected chi connectivity index (χ0v) is 14.2. The quantitative estimate of drug-likeness (QED) is 0.545. The van der Waals surface area contributed by atoms with Gasteiger partial charge < -0.3 is 24.7 Å². The summed E-state index contributed by atoms with van der Waals surface area (Å²) in [6, 6.07) is 3.80. The van der Waals surface area contributed by atoms with Crippen molar-refractivity contribution in [2.75, 3.05) is 23.8 Å². The van der Waals surface area contributed by atoms with Gasteiger partial charge in [-0.15, -0.1) is 5.10 Å². The molecule has 0 fully saturated rings. The maximum absolute atomic E-state index is 14.6. The van der Waals surface area contributed by atoms with Crippen LogP contribution in [0.25, 0.3) is 11.5 Å². The SMILES string of the molecule is [B]c1ccc(Nc2c(-c3nnc(NCCO)o3)cn(C)c(=O)c2F)c(F)c1. The van der Waals surface area contributed by atoms with E-state index >= 15 is 0 Å². The second-order valence-electron chi connectivity index (χ2n) is 5.57. The Morgan fingerprint density at radius 1 is 1.33 bits per heavy atom. The van der Waals surface area contributed by atoms with Crippen molar-refractivity contribution in [1.29, 1.82) is 0 Å². The average Bonchev–Trinajstić information content (AvgIpc) is 3.10. The Kier molecular flexibility index (Phi) is 5.22. The Hall–Kier alpha value is -3.21. The first-order valence-corrected chi connectivity index (χ1v) is 7.80. The molecule has 0 saturated carbocycles. The number of anilines is 3. The number of hydrogen-bond donors (Lipinski definition) is 3. The van der Waals surface area contributed by atoms with Crippen LogP contribution in [-0.4, -0.2) is 40.9 Å². The molecule has 3 N–H and O–H groups in total. The molecule has 3 rings (SSSR count). The van der Waals surface area contributed by atoms with Crippen LogP contribution in [0.2, 0.25) is 0 Å². The van der Waals surface area contributed by atoms with Gasteiger partial charge >= 0.3 is 6.01 Å². The summed E-state index contributed by atoms with van der Waals surface area (Å²) in [7, 11) is 6.86. The number of nitrogens with zero attached hydrogens (tertiary/aromatic N) is 3. The van der Waals surface area contributed by atoms with Crippen LogP contribution in [0.3, 0.4) is 0 Å². The van der Waals surface area contributed by atoms with Gasteiger partial charge in [0.15, 0.2) is 0 Å². The van der Waals surface area contributed by atoms with Crippen LogP contribution in [0.4, 0.5) is 26.2 Å². The molecule has 27 heavy (non-hydrogen) atoms. The largest absolute Gasteiger partial charge is 0.403 e. The first kappa shape index (κ1) is 18.6. The lowest BCUT2D eigenvalue weighted by atomic mass is 9.96. The molecule has 0 spiro atoms. The number of pyridine rings is 1. The third-order valence-electron chi connectivity index (χ3n) is 3.62. The van der Waals surface area contributed by atoms with Crippen molar-refractivity contribution in [3.63, 3.8) is 0 Å². The number of aliphatic hydroxyl groups excluding tert-OH is 1. The van der Waals surface area contributed by atoms with E-state index in [1.165, 1.54) is 25.4 Å². The fourth-order valence-corrected chi connectivity index (χ4v) is 2.31. The van der Waals surface area contributed by atoms with Crippen LogP contribution in [0.1, 0.15) is 0 Å². The molecule has 0 aliphatic carbocycles. The van der Waals surface area contributed by atoms with Gasteiger partial charge in [0.05, 0.1) is 23.5 Å². The lowest BCUT2D eigenvalue weighted by molar-refractivity contribution is 0.309. The van der Waals surface area contributed by atoms with E-state index in [-0.39, 0.29) is 47.5 Å². The van der Waals surface area contributed by atoms with Gasteiger partial charge in [-0.1, -0.05) is 16.6 Å². The monoisotopic (exact) mass is 373 g/mol. The predicted molar refractivity (Wildman–Crippen MR) is 95.6 cm³/mol. The molecule has 3 aromatic rings. The third-order valence-corrected chi connectivity index (χ3v) is 3.62. The minimum absolute atomic E-state index is 0.00192. The van der Waals surface area contributed by atoms with Crippen molar-refractivity contribution >= 4 is 30.7 Å². The highest BCUT2D eigenvalue weighted by atomic mass is 19.1. The van der Waals surface area contributed by atoms with E-state index in [2.05, 4.69) is 20.8 Å². The number of aryl methyl sites for hydroxylation is 1. The molecule has 0 bridgehead atoms. The van der Waals surface area contributed by atoms with Crippen LogP contribution >= 0.6 is 0 Å². The summed E-state index contributed by atoms with van der Waals surface area (Å²) in [5, 5.41) is 21.5. The lowest BCUT2D eigenvalue weighted by Crippen LogP contribution is -2.22.